The fourth-order valence-corrected chi connectivity index (χ4v) is 3.00. The van der Waals surface area contributed by atoms with Crippen LogP contribution in [0, 0.1) is 5.41 Å². The molecule has 1 rings (SSSR count). The van der Waals surface area contributed by atoms with Gasteiger partial charge in [-0.2, -0.15) is 11.8 Å². The summed E-state index contributed by atoms with van der Waals surface area (Å²) in [5, 5.41) is 8.07. The van der Waals surface area contributed by atoms with Crippen LogP contribution in [0.15, 0.2) is 0 Å². The van der Waals surface area contributed by atoms with E-state index in [-0.39, 0.29) is 0 Å². The van der Waals surface area contributed by atoms with Gasteiger partial charge >= 0.3 is 0 Å². The highest BCUT2D eigenvalue weighted by Crippen LogP contribution is 2.21. The Hall–Kier alpha value is -0.220. The number of amidine groups is 1. The quantitative estimate of drug-likeness (QED) is 0.552. The fraction of sp³-hybridized carbons (Fsp3) is 0.900. The van der Waals surface area contributed by atoms with Gasteiger partial charge in [0, 0.05) is 36.6 Å². The van der Waals surface area contributed by atoms with Crippen molar-refractivity contribution in [1.29, 1.82) is 5.41 Å². The molecule has 1 aliphatic heterocycles. The first kappa shape index (κ1) is 11.9. The van der Waals surface area contributed by atoms with Gasteiger partial charge in [0.2, 0.25) is 0 Å². The fourth-order valence-electron chi connectivity index (χ4n) is 1.96. The molecule has 0 amide bonds. The zero-order chi connectivity index (χ0) is 10.6. The third-order valence-corrected chi connectivity index (χ3v) is 3.85. The average molecular weight is 215 g/mol. The van der Waals surface area contributed by atoms with Crippen molar-refractivity contribution in [1.82, 2.24) is 4.90 Å². The van der Waals surface area contributed by atoms with Gasteiger partial charge in [-0.25, -0.2) is 0 Å². The molecule has 0 aliphatic carbocycles. The third kappa shape index (κ3) is 3.50. The molecular formula is C10H21N3S. The highest BCUT2D eigenvalue weighted by molar-refractivity contribution is 7.99. The number of nitrogens with zero attached hydrogens (tertiary/aromatic N) is 1. The highest BCUT2D eigenvalue weighted by Gasteiger charge is 2.23. The van der Waals surface area contributed by atoms with Gasteiger partial charge in [0.05, 0.1) is 5.84 Å². The average Bonchev–Trinajstić information content (AvgIpc) is 2.14. The summed E-state index contributed by atoms with van der Waals surface area (Å²) in [4.78, 5) is 2.49. The molecule has 0 bridgehead atoms. The van der Waals surface area contributed by atoms with Crippen LogP contribution in [-0.2, 0) is 0 Å². The standard InChI is InChI=1S/C10H21N3S/c1-3-9(6-10(11)12)13-4-5-14-8(2)7-13/h8-9H,3-7H2,1-2H3,(H3,11,12). The van der Waals surface area contributed by atoms with Gasteiger partial charge in [0.1, 0.15) is 0 Å². The molecule has 0 aromatic rings. The number of rotatable bonds is 4. The second-order valence-corrected chi connectivity index (χ2v) is 5.51. The minimum Gasteiger partial charge on any atom is -0.388 e. The lowest BCUT2D eigenvalue weighted by atomic mass is 10.1. The Balaban J connectivity index is 2.46. The highest BCUT2D eigenvalue weighted by atomic mass is 32.2. The molecule has 1 saturated heterocycles. The van der Waals surface area contributed by atoms with Crippen molar-refractivity contribution >= 4 is 17.6 Å². The summed E-state index contributed by atoms with van der Waals surface area (Å²) in [7, 11) is 0. The van der Waals surface area contributed by atoms with Gasteiger partial charge in [0.25, 0.3) is 0 Å². The molecule has 82 valence electrons. The molecule has 1 aliphatic rings. The monoisotopic (exact) mass is 215 g/mol. The predicted octanol–water partition coefficient (Wildman–Crippen LogP) is 1.53. The Labute approximate surface area is 90.9 Å². The van der Waals surface area contributed by atoms with Crippen molar-refractivity contribution < 1.29 is 0 Å². The summed E-state index contributed by atoms with van der Waals surface area (Å²) >= 11 is 2.04. The number of nitrogens with two attached hydrogens (primary N) is 1. The van der Waals surface area contributed by atoms with Crippen LogP contribution in [0.3, 0.4) is 0 Å². The largest absolute Gasteiger partial charge is 0.388 e. The van der Waals surface area contributed by atoms with E-state index < -0.39 is 0 Å². The van der Waals surface area contributed by atoms with E-state index in [1.165, 1.54) is 5.75 Å². The Morgan fingerprint density at radius 1 is 1.71 bits per heavy atom. The lowest BCUT2D eigenvalue weighted by Gasteiger charge is -2.36. The van der Waals surface area contributed by atoms with E-state index in [2.05, 4.69) is 18.7 Å². The maximum Gasteiger partial charge on any atom is 0.0921 e. The van der Waals surface area contributed by atoms with E-state index >= 15 is 0 Å². The van der Waals surface area contributed by atoms with E-state index in [4.69, 9.17) is 11.1 Å². The zero-order valence-corrected chi connectivity index (χ0v) is 9.94. The van der Waals surface area contributed by atoms with Crippen molar-refractivity contribution in [2.45, 2.75) is 38.0 Å². The summed E-state index contributed by atoms with van der Waals surface area (Å²) in [6, 6.07) is 0.482. The Bertz CT molecular complexity index is 196. The minimum atomic E-state index is 0.322. The van der Waals surface area contributed by atoms with Gasteiger partial charge in [-0.15, -0.1) is 0 Å². The van der Waals surface area contributed by atoms with Crippen LogP contribution in [0.5, 0.6) is 0 Å². The maximum absolute atomic E-state index is 7.34. The summed E-state index contributed by atoms with van der Waals surface area (Å²) in [5.74, 6) is 1.54. The van der Waals surface area contributed by atoms with Crippen LogP contribution >= 0.6 is 11.8 Å². The Morgan fingerprint density at radius 2 is 2.43 bits per heavy atom. The lowest BCUT2D eigenvalue weighted by Crippen LogP contribution is -2.45. The van der Waals surface area contributed by atoms with Gasteiger partial charge < -0.3 is 5.73 Å². The van der Waals surface area contributed by atoms with Crippen molar-refractivity contribution in [3.8, 4) is 0 Å². The second kappa shape index (κ2) is 5.61. The van der Waals surface area contributed by atoms with Crippen LogP contribution < -0.4 is 5.73 Å². The van der Waals surface area contributed by atoms with Crippen LogP contribution in [0.2, 0.25) is 0 Å². The van der Waals surface area contributed by atoms with Crippen LogP contribution in [-0.4, -0.2) is 40.9 Å². The van der Waals surface area contributed by atoms with E-state index in [0.717, 1.165) is 31.2 Å². The molecule has 0 spiro atoms. The molecule has 0 aromatic heterocycles. The minimum absolute atomic E-state index is 0.322. The first-order valence-corrected chi connectivity index (χ1v) is 6.37. The topological polar surface area (TPSA) is 53.1 Å². The molecule has 0 aromatic carbocycles. The van der Waals surface area contributed by atoms with Gasteiger partial charge in [-0.1, -0.05) is 13.8 Å². The SMILES string of the molecule is CCC(CC(=N)N)N1CCSC(C)C1. The molecular weight excluding hydrogens is 194 g/mol. The summed E-state index contributed by atoms with van der Waals surface area (Å²) < 4.78 is 0. The van der Waals surface area contributed by atoms with Crippen molar-refractivity contribution in [3.05, 3.63) is 0 Å². The van der Waals surface area contributed by atoms with Crippen molar-refractivity contribution in [2.24, 2.45) is 5.73 Å². The maximum atomic E-state index is 7.34. The normalized spacial score (nSPS) is 26.0. The molecule has 1 heterocycles. The number of hydrogen-bond acceptors (Lipinski definition) is 3. The zero-order valence-electron chi connectivity index (χ0n) is 9.12. The van der Waals surface area contributed by atoms with Crippen LogP contribution in [0.1, 0.15) is 26.7 Å². The smallest absolute Gasteiger partial charge is 0.0921 e. The lowest BCUT2D eigenvalue weighted by molar-refractivity contribution is 0.203. The Kier molecular flexibility index (Phi) is 4.75. The third-order valence-electron chi connectivity index (χ3n) is 2.72. The van der Waals surface area contributed by atoms with E-state index in [0.29, 0.717) is 11.9 Å². The molecule has 3 nitrogen and oxygen atoms in total. The molecule has 2 atom stereocenters. The first-order chi connectivity index (χ1) is 6.63. The molecule has 1 fully saturated rings. The Morgan fingerprint density at radius 3 is 2.93 bits per heavy atom. The molecule has 3 N–H and O–H groups in total. The summed E-state index contributed by atoms with van der Waals surface area (Å²) in [6.45, 7) is 6.76. The van der Waals surface area contributed by atoms with Gasteiger partial charge in [-0.3, -0.25) is 10.3 Å². The van der Waals surface area contributed by atoms with Crippen LogP contribution in [0.4, 0.5) is 0 Å². The number of nitrogens with one attached hydrogen (secondary N) is 1. The summed E-state index contributed by atoms with van der Waals surface area (Å²) in [5.41, 5.74) is 5.46. The summed E-state index contributed by atoms with van der Waals surface area (Å²) in [6.07, 6.45) is 1.82. The molecule has 14 heavy (non-hydrogen) atoms. The number of hydrogen-bond donors (Lipinski definition) is 2. The number of thioether (sulfide) groups is 1. The van der Waals surface area contributed by atoms with E-state index in [1.54, 1.807) is 0 Å². The first-order valence-electron chi connectivity index (χ1n) is 5.32. The molecule has 0 radical (unpaired) electrons. The van der Waals surface area contributed by atoms with Crippen molar-refractivity contribution in [2.75, 3.05) is 18.8 Å². The molecule has 4 heteroatoms. The molecule has 2 unspecified atom stereocenters. The van der Waals surface area contributed by atoms with Crippen molar-refractivity contribution in [3.63, 3.8) is 0 Å². The van der Waals surface area contributed by atoms with Gasteiger partial charge in [0.15, 0.2) is 0 Å². The molecule has 0 saturated carbocycles. The second-order valence-electron chi connectivity index (χ2n) is 3.97. The predicted molar refractivity (Wildman–Crippen MR) is 64.1 cm³/mol. The van der Waals surface area contributed by atoms with E-state index in [9.17, 15) is 0 Å². The van der Waals surface area contributed by atoms with Gasteiger partial charge in [-0.05, 0) is 6.42 Å². The van der Waals surface area contributed by atoms with Crippen LogP contribution in [0.25, 0.3) is 0 Å². The van der Waals surface area contributed by atoms with E-state index in [1.807, 2.05) is 11.8 Å².